The van der Waals surface area contributed by atoms with E-state index in [0.717, 1.165) is 25.4 Å². The number of nitrogens with zero attached hydrogens (tertiary/aromatic N) is 4. The molecule has 2 aromatic rings. The van der Waals surface area contributed by atoms with Gasteiger partial charge in [0.1, 0.15) is 0 Å². The molecule has 5 nitrogen and oxygen atoms in total. The van der Waals surface area contributed by atoms with Crippen molar-refractivity contribution in [2.75, 3.05) is 13.1 Å². The van der Waals surface area contributed by atoms with Gasteiger partial charge in [0, 0.05) is 31.7 Å². The van der Waals surface area contributed by atoms with E-state index in [1.165, 1.54) is 25.7 Å². The second-order valence-corrected chi connectivity index (χ2v) is 6.67. The van der Waals surface area contributed by atoms with Gasteiger partial charge in [-0.25, -0.2) is 9.67 Å². The number of carbonyl (C=O) groups excluding carboxylic acids is 1. The Labute approximate surface area is 136 Å². The summed E-state index contributed by atoms with van der Waals surface area (Å²) in [7, 11) is 0. The summed E-state index contributed by atoms with van der Waals surface area (Å²) in [6.07, 6.45) is 11.7. The topological polar surface area (TPSA) is 51.0 Å². The quantitative estimate of drug-likeness (QED) is 0.857. The zero-order valence-corrected chi connectivity index (χ0v) is 13.3. The van der Waals surface area contributed by atoms with Crippen LogP contribution in [0.4, 0.5) is 0 Å². The third-order valence-corrected chi connectivity index (χ3v) is 5.32. The Morgan fingerprint density at radius 3 is 2.78 bits per heavy atom. The summed E-state index contributed by atoms with van der Waals surface area (Å²) in [6.45, 7) is 1.77. The van der Waals surface area contributed by atoms with E-state index in [0.29, 0.717) is 17.3 Å². The average molecular weight is 310 g/mol. The first-order chi connectivity index (χ1) is 11.3. The summed E-state index contributed by atoms with van der Waals surface area (Å²) in [5.74, 6) is 2.22. The minimum Gasteiger partial charge on any atom is -0.338 e. The SMILES string of the molecule is O=C(c1cccnc1-n1cccn1)N1CCC2CCCCC2C1. The molecule has 0 aromatic carbocycles. The van der Waals surface area contributed by atoms with Crippen molar-refractivity contribution in [3.05, 3.63) is 42.4 Å². The van der Waals surface area contributed by atoms with Crippen molar-refractivity contribution in [2.24, 2.45) is 11.8 Å². The van der Waals surface area contributed by atoms with Crippen molar-refractivity contribution < 1.29 is 4.79 Å². The van der Waals surface area contributed by atoms with Crippen LogP contribution in [0, 0.1) is 11.8 Å². The Morgan fingerprint density at radius 2 is 1.96 bits per heavy atom. The van der Waals surface area contributed by atoms with Crippen molar-refractivity contribution in [2.45, 2.75) is 32.1 Å². The molecule has 2 fully saturated rings. The molecule has 4 rings (SSSR count). The first-order valence-corrected chi connectivity index (χ1v) is 8.57. The van der Waals surface area contributed by atoms with Crippen LogP contribution >= 0.6 is 0 Å². The molecule has 1 aliphatic heterocycles. The van der Waals surface area contributed by atoms with Crippen LogP contribution in [0.1, 0.15) is 42.5 Å². The van der Waals surface area contributed by atoms with Crippen LogP contribution in [-0.2, 0) is 0 Å². The highest BCUT2D eigenvalue weighted by Gasteiger charge is 2.33. The molecule has 1 saturated heterocycles. The fourth-order valence-electron chi connectivity index (χ4n) is 4.10. The number of hydrogen-bond acceptors (Lipinski definition) is 3. The second-order valence-electron chi connectivity index (χ2n) is 6.67. The Bertz CT molecular complexity index is 682. The van der Waals surface area contributed by atoms with Gasteiger partial charge in [0.25, 0.3) is 5.91 Å². The summed E-state index contributed by atoms with van der Waals surface area (Å²) in [4.78, 5) is 19.4. The van der Waals surface area contributed by atoms with Gasteiger partial charge in [0.2, 0.25) is 0 Å². The normalized spacial score (nSPS) is 24.3. The third kappa shape index (κ3) is 2.76. The molecule has 0 radical (unpaired) electrons. The lowest BCUT2D eigenvalue weighted by Gasteiger charge is -2.41. The minimum atomic E-state index is 0.0904. The predicted octanol–water partition coefficient (Wildman–Crippen LogP) is 2.92. The highest BCUT2D eigenvalue weighted by atomic mass is 16.2. The Balaban J connectivity index is 1.58. The number of amides is 1. The molecule has 120 valence electrons. The van der Waals surface area contributed by atoms with E-state index in [4.69, 9.17) is 0 Å². The summed E-state index contributed by atoms with van der Waals surface area (Å²) in [6, 6.07) is 5.53. The second kappa shape index (κ2) is 6.14. The maximum atomic E-state index is 13.0. The molecule has 1 aliphatic carbocycles. The Hall–Kier alpha value is -2.17. The predicted molar refractivity (Wildman–Crippen MR) is 87.3 cm³/mol. The molecule has 0 bridgehead atoms. The summed E-state index contributed by atoms with van der Waals surface area (Å²) >= 11 is 0. The van der Waals surface area contributed by atoms with Crippen LogP contribution < -0.4 is 0 Å². The molecular formula is C18H22N4O. The van der Waals surface area contributed by atoms with Crippen LogP contribution in [0.15, 0.2) is 36.8 Å². The van der Waals surface area contributed by atoms with E-state index < -0.39 is 0 Å². The lowest BCUT2D eigenvalue weighted by atomic mass is 9.75. The van der Waals surface area contributed by atoms with Gasteiger partial charge in [0.15, 0.2) is 5.82 Å². The van der Waals surface area contributed by atoms with E-state index >= 15 is 0 Å². The number of pyridine rings is 1. The monoisotopic (exact) mass is 310 g/mol. The van der Waals surface area contributed by atoms with Crippen LogP contribution in [0.3, 0.4) is 0 Å². The van der Waals surface area contributed by atoms with E-state index in [1.54, 1.807) is 17.1 Å². The van der Waals surface area contributed by atoms with Crippen LogP contribution in [0.5, 0.6) is 0 Å². The fraction of sp³-hybridized carbons (Fsp3) is 0.500. The molecule has 23 heavy (non-hydrogen) atoms. The smallest absolute Gasteiger partial charge is 0.257 e. The average Bonchev–Trinajstić information content (AvgIpc) is 3.15. The first-order valence-electron chi connectivity index (χ1n) is 8.57. The molecule has 1 saturated carbocycles. The standard InChI is InChI=1S/C18H22N4O/c23-18(21-12-8-14-5-1-2-6-15(14)13-21)16-7-3-9-19-17(16)22-11-4-10-20-22/h3-4,7,9-11,14-15H,1-2,5-6,8,12-13H2. The lowest BCUT2D eigenvalue weighted by Crippen LogP contribution is -2.45. The van der Waals surface area contributed by atoms with Crippen LogP contribution in [0.2, 0.25) is 0 Å². The van der Waals surface area contributed by atoms with E-state index in [9.17, 15) is 4.79 Å². The molecule has 5 heteroatoms. The van der Waals surface area contributed by atoms with Gasteiger partial charge in [-0.2, -0.15) is 5.10 Å². The third-order valence-electron chi connectivity index (χ3n) is 5.32. The fourth-order valence-corrected chi connectivity index (χ4v) is 4.10. The van der Waals surface area contributed by atoms with Crippen molar-refractivity contribution in [1.29, 1.82) is 0 Å². The highest BCUT2D eigenvalue weighted by molar-refractivity contribution is 5.97. The molecule has 0 spiro atoms. The van der Waals surface area contributed by atoms with Gasteiger partial charge in [-0.05, 0) is 42.9 Å². The number of fused-ring (bicyclic) bond motifs is 1. The van der Waals surface area contributed by atoms with Gasteiger partial charge in [-0.1, -0.05) is 19.3 Å². The van der Waals surface area contributed by atoms with Crippen molar-refractivity contribution in [1.82, 2.24) is 19.7 Å². The summed E-state index contributed by atoms with van der Waals surface area (Å²) in [5.41, 5.74) is 0.644. The van der Waals surface area contributed by atoms with Gasteiger partial charge < -0.3 is 4.90 Å². The number of likely N-dealkylation sites (tertiary alicyclic amines) is 1. The number of aromatic nitrogens is 3. The lowest BCUT2D eigenvalue weighted by molar-refractivity contribution is 0.0520. The van der Waals surface area contributed by atoms with Gasteiger partial charge >= 0.3 is 0 Å². The van der Waals surface area contributed by atoms with Gasteiger partial charge in [0.05, 0.1) is 5.56 Å². The van der Waals surface area contributed by atoms with E-state index in [1.807, 2.05) is 29.3 Å². The molecule has 2 unspecified atom stereocenters. The minimum absolute atomic E-state index is 0.0904. The summed E-state index contributed by atoms with van der Waals surface area (Å²) in [5, 5.41) is 4.22. The Morgan fingerprint density at radius 1 is 1.09 bits per heavy atom. The highest BCUT2D eigenvalue weighted by Crippen LogP contribution is 2.36. The number of hydrogen-bond donors (Lipinski definition) is 0. The number of piperidine rings is 1. The van der Waals surface area contributed by atoms with Crippen molar-refractivity contribution in [3.63, 3.8) is 0 Å². The van der Waals surface area contributed by atoms with E-state index in [2.05, 4.69) is 10.1 Å². The molecular weight excluding hydrogens is 288 g/mol. The molecule has 2 atom stereocenters. The zero-order chi connectivity index (χ0) is 15.6. The maximum absolute atomic E-state index is 13.0. The molecule has 0 N–H and O–H groups in total. The van der Waals surface area contributed by atoms with Crippen molar-refractivity contribution >= 4 is 5.91 Å². The first kappa shape index (κ1) is 14.4. The molecule has 3 heterocycles. The largest absolute Gasteiger partial charge is 0.338 e. The molecule has 1 amide bonds. The van der Waals surface area contributed by atoms with Gasteiger partial charge in [-0.3, -0.25) is 4.79 Å². The molecule has 2 aliphatic rings. The number of carbonyl (C=O) groups is 1. The Kier molecular flexibility index (Phi) is 3.85. The number of rotatable bonds is 2. The zero-order valence-electron chi connectivity index (χ0n) is 13.3. The maximum Gasteiger partial charge on any atom is 0.257 e. The molecule has 2 aromatic heterocycles. The van der Waals surface area contributed by atoms with Crippen LogP contribution in [0.25, 0.3) is 5.82 Å². The summed E-state index contributed by atoms with van der Waals surface area (Å²) < 4.78 is 1.67. The van der Waals surface area contributed by atoms with Crippen LogP contribution in [-0.4, -0.2) is 38.7 Å². The van der Waals surface area contributed by atoms with Crippen molar-refractivity contribution in [3.8, 4) is 5.82 Å². The van der Waals surface area contributed by atoms with Gasteiger partial charge in [-0.15, -0.1) is 0 Å². The van der Waals surface area contributed by atoms with E-state index in [-0.39, 0.29) is 5.91 Å².